The molecule has 0 atom stereocenters. The van der Waals surface area contributed by atoms with Crippen LogP contribution in [0.4, 0.5) is 11.5 Å². The van der Waals surface area contributed by atoms with Crippen molar-refractivity contribution in [1.29, 1.82) is 0 Å². The van der Waals surface area contributed by atoms with E-state index in [9.17, 15) is 9.59 Å². The molecule has 8 nitrogen and oxygen atoms in total. The number of piperidine rings is 1. The van der Waals surface area contributed by atoms with Gasteiger partial charge in [0.15, 0.2) is 5.82 Å². The second kappa shape index (κ2) is 12.6. The molecule has 2 amide bonds. The summed E-state index contributed by atoms with van der Waals surface area (Å²) in [5.74, 6) is 1.12. The minimum absolute atomic E-state index is 0.243. The topological polar surface area (TPSA) is 81.7 Å². The number of nitrogens with one attached hydrogen (secondary N) is 1. The number of anilines is 2. The van der Waals surface area contributed by atoms with Crippen molar-refractivity contribution in [2.45, 2.75) is 25.7 Å². The van der Waals surface area contributed by atoms with Gasteiger partial charge in [0.05, 0.1) is 5.69 Å². The van der Waals surface area contributed by atoms with E-state index in [4.69, 9.17) is 16.6 Å². The van der Waals surface area contributed by atoms with Gasteiger partial charge in [-0.3, -0.25) is 14.6 Å². The third-order valence-corrected chi connectivity index (χ3v) is 7.88. The molecular weight excluding hydrogens is 512 g/mol. The second-order valence-electron chi connectivity index (χ2n) is 10.5. The molecule has 2 aliphatic heterocycles. The van der Waals surface area contributed by atoms with Crippen molar-refractivity contribution in [3.05, 3.63) is 71.6 Å². The van der Waals surface area contributed by atoms with Gasteiger partial charge in [0.2, 0.25) is 5.91 Å². The van der Waals surface area contributed by atoms with E-state index in [0.29, 0.717) is 28.6 Å². The largest absolute Gasteiger partial charge is 0.355 e. The number of halogens is 1. The minimum atomic E-state index is -0.243. The van der Waals surface area contributed by atoms with Crippen LogP contribution in [0.1, 0.15) is 36.0 Å². The van der Waals surface area contributed by atoms with Gasteiger partial charge in [0.25, 0.3) is 5.91 Å². The third-order valence-electron chi connectivity index (χ3n) is 7.65. The quantitative estimate of drug-likeness (QED) is 0.477. The highest BCUT2D eigenvalue weighted by molar-refractivity contribution is 6.31. The van der Waals surface area contributed by atoms with E-state index in [1.165, 1.54) is 0 Å². The van der Waals surface area contributed by atoms with Crippen molar-refractivity contribution < 1.29 is 9.59 Å². The normalized spacial score (nSPS) is 17.1. The van der Waals surface area contributed by atoms with Crippen molar-refractivity contribution in [3.63, 3.8) is 0 Å². The standard InChI is InChI=1S/C30H35ClN6O2/c1-35-11-4-12-36(16-15-35)28(38)17-22-8-13-37(14-9-22)29-27(34-30(39)23-5-2-7-26(31)18-23)19-25(21-33-29)24-6-3-10-32-20-24/h2-3,5-7,10,18-22H,4,8-9,11-17H2,1H3,(H,34,39). The maximum absolute atomic E-state index is 13.1. The van der Waals surface area contributed by atoms with Crippen LogP contribution >= 0.6 is 11.6 Å². The van der Waals surface area contributed by atoms with Gasteiger partial charge >= 0.3 is 0 Å². The third kappa shape index (κ3) is 6.94. The Kier molecular flexibility index (Phi) is 8.74. The lowest BCUT2D eigenvalue weighted by atomic mass is 9.92. The van der Waals surface area contributed by atoms with E-state index in [1.54, 1.807) is 36.7 Å². The number of hydrogen-bond acceptors (Lipinski definition) is 6. The summed E-state index contributed by atoms with van der Waals surface area (Å²) in [7, 11) is 2.12. The van der Waals surface area contributed by atoms with Crippen LogP contribution in [-0.4, -0.2) is 77.9 Å². The summed E-state index contributed by atoms with van der Waals surface area (Å²) in [5, 5.41) is 3.58. The summed E-state index contributed by atoms with van der Waals surface area (Å²) < 4.78 is 0. The lowest BCUT2D eigenvalue weighted by Gasteiger charge is -2.34. The Balaban J connectivity index is 1.29. The van der Waals surface area contributed by atoms with E-state index in [2.05, 4.69) is 27.1 Å². The number of hydrogen-bond donors (Lipinski definition) is 1. The van der Waals surface area contributed by atoms with Crippen LogP contribution in [0.5, 0.6) is 0 Å². The van der Waals surface area contributed by atoms with Crippen molar-refractivity contribution in [1.82, 2.24) is 19.8 Å². The Bertz CT molecular complexity index is 1300. The Labute approximate surface area is 235 Å². The molecule has 0 bridgehead atoms. The van der Waals surface area contributed by atoms with Crippen LogP contribution < -0.4 is 10.2 Å². The van der Waals surface area contributed by atoms with Crippen molar-refractivity contribution in [3.8, 4) is 11.1 Å². The Morgan fingerprint density at radius 3 is 2.59 bits per heavy atom. The zero-order valence-electron chi connectivity index (χ0n) is 22.4. The second-order valence-corrected chi connectivity index (χ2v) is 10.9. The number of carbonyl (C=O) groups excluding carboxylic acids is 2. The molecule has 204 valence electrons. The van der Waals surface area contributed by atoms with E-state index >= 15 is 0 Å². The predicted molar refractivity (Wildman–Crippen MR) is 155 cm³/mol. The van der Waals surface area contributed by atoms with E-state index < -0.39 is 0 Å². The number of aromatic nitrogens is 2. The van der Waals surface area contributed by atoms with Gasteiger partial charge in [-0.2, -0.15) is 0 Å². The fourth-order valence-corrected chi connectivity index (χ4v) is 5.53. The first-order chi connectivity index (χ1) is 19.0. The van der Waals surface area contributed by atoms with Gasteiger partial charge in [-0.25, -0.2) is 4.98 Å². The maximum atomic E-state index is 13.1. The molecule has 9 heteroatoms. The fraction of sp³-hybridized carbons (Fsp3) is 0.400. The monoisotopic (exact) mass is 546 g/mol. The summed E-state index contributed by atoms with van der Waals surface area (Å²) in [6.07, 6.45) is 8.79. The molecule has 2 saturated heterocycles. The highest BCUT2D eigenvalue weighted by Gasteiger charge is 2.27. The van der Waals surface area contributed by atoms with Crippen molar-refractivity contribution >= 4 is 34.9 Å². The predicted octanol–water partition coefficient (Wildman–Crippen LogP) is 4.82. The highest BCUT2D eigenvalue weighted by atomic mass is 35.5. The molecule has 3 aromatic rings. The number of carbonyl (C=O) groups is 2. The van der Waals surface area contributed by atoms with Gasteiger partial charge in [0.1, 0.15) is 0 Å². The van der Waals surface area contributed by atoms with Gasteiger partial charge in [-0.05, 0) is 69.1 Å². The van der Waals surface area contributed by atoms with Crippen LogP contribution in [0.3, 0.4) is 0 Å². The molecule has 0 spiro atoms. The van der Waals surface area contributed by atoms with Gasteiger partial charge in [-0.1, -0.05) is 23.7 Å². The van der Waals surface area contributed by atoms with Gasteiger partial charge < -0.3 is 20.0 Å². The van der Waals surface area contributed by atoms with Crippen molar-refractivity contribution in [2.75, 3.05) is 56.5 Å². The van der Waals surface area contributed by atoms with Crippen LogP contribution in [0.25, 0.3) is 11.1 Å². The van der Waals surface area contributed by atoms with E-state index in [0.717, 1.165) is 75.5 Å². The molecule has 1 N–H and O–H groups in total. The molecule has 2 fully saturated rings. The molecule has 0 aliphatic carbocycles. The molecule has 0 saturated carbocycles. The zero-order valence-corrected chi connectivity index (χ0v) is 23.1. The van der Waals surface area contributed by atoms with Crippen LogP contribution in [0, 0.1) is 5.92 Å². The summed E-state index contributed by atoms with van der Waals surface area (Å²) >= 11 is 6.13. The summed E-state index contributed by atoms with van der Waals surface area (Å²) in [5.41, 5.74) is 2.92. The summed E-state index contributed by atoms with van der Waals surface area (Å²) in [6, 6.07) is 12.7. The van der Waals surface area contributed by atoms with E-state index in [-0.39, 0.29) is 11.8 Å². The van der Waals surface area contributed by atoms with E-state index in [1.807, 2.05) is 29.3 Å². The first-order valence-corrected chi connectivity index (χ1v) is 14.0. The molecular formula is C30H35ClN6O2. The Morgan fingerprint density at radius 1 is 0.974 bits per heavy atom. The zero-order chi connectivity index (χ0) is 27.2. The van der Waals surface area contributed by atoms with Gasteiger partial charge in [-0.15, -0.1) is 0 Å². The van der Waals surface area contributed by atoms with Gasteiger partial charge in [0, 0.05) is 79.4 Å². The molecule has 0 radical (unpaired) electrons. The number of amides is 2. The molecule has 0 unspecified atom stereocenters. The average Bonchev–Trinajstić information content (AvgIpc) is 3.18. The van der Waals surface area contributed by atoms with Crippen LogP contribution in [-0.2, 0) is 4.79 Å². The molecule has 2 aliphatic rings. The lowest BCUT2D eigenvalue weighted by Crippen LogP contribution is -2.39. The van der Waals surface area contributed by atoms with Crippen molar-refractivity contribution in [2.24, 2.45) is 5.92 Å². The minimum Gasteiger partial charge on any atom is -0.355 e. The first-order valence-electron chi connectivity index (χ1n) is 13.6. The molecule has 4 heterocycles. The number of likely N-dealkylation sites (N-methyl/N-ethyl adjacent to an activating group) is 1. The number of pyridine rings is 2. The lowest BCUT2D eigenvalue weighted by molar-refractivity contribution is -0.132. The molecule has 5 rings (SSSR count). The average molecular weight is 547 g/mol. The molecule has 39 heavy (non-hydrogen) atoms. The number of benzene rings is 1. The molecule has 2 aromatic heterocycles. The first kappa shape index (κ1) is 27.1. The fourth-order valence-electron chi connectivity index (χ4n) is 5.34. The summed E-state index contributed by atoms with van der Waals surface area (Å²) in [6.45, 7) is 5.21. The van der Waals surface area contributed by atoms with Crippen LogP contribution in [0.15, 0.2) is 61.1 Å². The Morgan fingerprint density at radius 2 is 1.82 bits per heavy atom. The highest BCUT2D eigenvalue weighted by Crippen LogP contribution is 2.33. The van der Waals surface area contributed by atoms with Crippen LogP contribution in [0.2, 0.25) is 5.02 Å². The Hall–Kier alpha value is -3.49. The smallest absolute Gasteiger partial charge is 0.255 e. The number of nitrogens with zero attached hydrogens (tertiary/aromatic N) is 5. The summed E-state index contributed by atoms with van der Waals surface area (Å²) in [4.78, 5) is 41.7. The SMILES string of the molecule is CN1CCCN(C(=O)CC2CCN(c3ncc(-c4cccnc4)cc3NC(=O)c3cccc(Cl)c3)CC2)CC1. The maximum Gasteiger partial charge on any atom is 0.255 e. The number of rotatable bonds is 6. The molecule has 1 aromatic carbocycles.